The van der Waals surface area contributed by atoms with Crippen molar-refractivity contribution in [2.75, 3.05) is 0 Å². The summed E-state index contributed by atoms with van der Waals surface area (Å²) in [5.74, 6) is 0. The summed E-state index contributed by atoms with van der Waals surface area (Å²) >= 11 is 5.44. The van der Waals surface area contributed by atoms with E-state index >= 15 is 0 Å². The minimum Gasteiger partial charge on any atom is -0.0822 e. The first-order valence-electron chi connectivity index (χ1n) is 1.82. The van der Waals surface area contributed by atoms with Gasteiger partial charge in [0.25, 0.3) is 6.21 Å². The van der Waals surface area contributed by atoms with E-state index in [1.807, 2.05) is 0 Å². The lowest BCUT2D eigenvalue weighted by atomic mass is 10.5. The molecular weight excluding hydrogens is 112 g/mol. The average molecular weight is 115 g/mol. The molecule has 1 aliphatic heterocycles. The number of allylic oxidation sites excluding steroid dienone is 2. The second kappa shape index (κ2) is 1.89. The van der Waals surface area contributed by atoms with Crippen LogP contribution < -0.4 is 5.10 Å². The van der Waals surface area contributed by atoms with Crippen molar-refractivity contribution >= 4 is 24.0 Å². The van der Waals surface area contributed by atoms with Gasteiger partial charge in [0, 0.05) is 6.08 Å². The monoisotopic (exact) mass is 114 g/mol. The van der Waals surface area contributed by atoms with E-state index in [4.69, 9.17) is 11.6 Å². The van der Waals surface area contributed by atoms with Gasteiger partial charge in [-0.05, 0) is 0 Å². The molecule has 0 amide bonds. The maximum absolute atomic E-state index is 5.44. The first-order valence-corrected chi connectivity index (χ1v) is 2.19. The van der Waals surface area contributed by atoms with Crippen LogP contribution in [0.25, 0.3) is 0 Å². The molecule has 1 radical (unpaired) electrons. The summed E-state index contributed by atoms with van der Waals surface area (Å²) < 4.78 is 0. The zero-order valence-corrected chi connectivity index (χ0v) is 4.26. The van der Waals surface area contributed by atoms with Crippen LogP contribution in [0.1, 0.15) is 0 Å². The van der Waals surface area contributed by atoms with Crippen LogP contribution in [-0.4, -0.2) is 12.4 Å². The number of halogens is 1. The van der Waals surface area contributed by atoms with Crippen LogP contribution in [0.4, 0.5) is 0 Å². The molecule has 1 aliphatic rings. The van der Waals surface area contributed by atoms with Crippen LogP contribution in [0.5, 0.6) is 0 Å². The number of rotatable bonds is 0. The number of hydrogen-bond donors (Lipinski definition) is 0. The molecule has 3 heteroatoms. The van der Waals surface area contributed by atoms with E-state index in [2.05, 4.69) is 10.2 Å². The lowest BCUT2D eigenvalue weighted by molar-refractivity contribution is 1.12. The van der Waals surface area contributed by atoms with Crippen LogP contribution >= 0.6 is 11.6 Å². The lowest BCUT2D eigenvalue weighted by Crippen LogP contribution is -1.88. The van der Waals surface area contributed by atoms with E-state index in [-0.39, 0.29) is 0 Å². The molecule has 0 spiro atoms. The van der Waals surface area contributed by atoms with Crippen LogP contribution in [0, 0.1) is 0 Å². The fourth-order valence-corrected chi connectivity index (χ4v) is 0.375. The molecule has 1 rings (SSSR count). The Kier molecular flexibility index (Phi) is 1.22. The van der Waals surface area contributed by atoms with Gasteiger partial charge >= 0.3 is 0 Å². The van der Waals surface area contributed by atoms with E-state index in [1.165, 1.54) is 6.21 Å². The molecule has 0 aromatic heterocycles. The highest BCUT2D eigenvalue weighted by Crippen LogP contribution is 1.94. The van der Waals surface area contributed by atoms with Gasteiger partial charge in [0.15, 0.2) is 5.10 Å². The Bertz CT molecular complexity index is 146. The molecule has 0 bridgehead atoms. The van der Waals surface area contributed by atoms with E-state index in [1.54, 1.807) is 12.3 Å². The molecule has 0 saturated carbocycles. The molecule has 7 heavy (non-hydrogen) atoms. The zero-order valence-electron chi connectivity index (χ0n) is 3.50. The third-order valence-electron chi connectivity index (χ3n) is 0.548. The molecular formula is C4H3ClN2+. The molecule has 0 unspecified atom stereocenters. The Morgan fingerprint density at radius 1 is 1.71 bits per heavy atom. The van der Waals surface area contributed by atoms with Crippen molar-refractivity contribution in [2.45, 2.75) is 0 Å². The molecule has 0 N–H and O–H groups in total. The predicted octanol–water partition coefficient (Wildman–Crippen LogP) is 0.515. The summed E-state index contributed by atoms with van der Waals surface area (Å²) in [6, 6.07) is 0. The van der Waals surface area contributed by atoms with Gasteiger partial charge in [-0.15, -0.1) is 0 Å². The Morgan fingerprint density at radius 3 is 2.86 bits per heavy atom. The third kappa shape index (κ3) is 1.12. The predicted molar refractivity (Wildman–Crippen MR) is 30.6 cm³/mol. The van der Waals surface area contributed by atoms with Crippen molar-refractivity contribution in [3.63, 3.8) is 0 Å². The normalized spacial score (nSPS) is 17.0. The highest BCUT2D eigenvalue weighted by molar-refractivity contribution is 6.40. The molecule has 1 heterocycles. The van der Waals surface area contributed by atoms with Crippen LogP contribution in [0.3, 0.4) is 0 Å². The highest BCUT2D eigenvalue weighted by Gasteiger charge is 1.94. The largest absolute Gasteiger partial charge is 0.279 e. The van der Waals surface area contributed by atoms with Crippen LogP contribution in [0.15, 0.2) is 16.2 Å². The highest BCUT2D eigenvalue weighted by atomic mass is 35.5. The molecule has 0 aliphatic carbocycles. The Morgan fingerprint density at radius 2 is 2.57 bits per heavy atom. The Hall–Kier alpha value is -0.630. The Labute approximate surface area is 46.2 Å². The summed E-state index contributed by atoms with van der Waals surface area (Å²) in [6.07, 6.45) is 4.71. The molecule has 0 fully saturated rings. The van der Waals surface area contributed by atoms with Gasteiger partial charge in [0.1, 0.15) is 6.21 Å². The van der Waals surface area contributed by atoms with Crippen molar-refractivity contribution in [1.29, 1.82) is 0 Å². The Balaban J connectivity index is 2.82. The average Bonchev–Trinajstić information content (AvgIpc) is 1.69. The van der Waals surface area contributed by atoms with Gasteiger partial charge in [-0.25, -0.2) is 0 Å². The number of nitrogens with zero attached hydrogens (tertiary/aromatic N) is 2. The molecule has 0 aromatic rings. The van der Waals surface area contributed by atoms with Crippen molar-refractivity contribution in [1.82, 2.24) is 5.10 Å². The van der Waals surface area contributed by atoms with Crippen LogP contribution in [-0.2, 0) is 0 Å². The smallest absolute Gasteiger partial charge is 0.0822 e. The minimum atomic E-state index is 0.620. The van der Waals surface area contributed by atoms with E-state index in [0.717, 1.165) is 0 Å². The van der Waals surface area contributed by atoms with Crippen molar-refractivity contribution in [3.05, 3.63) is 11.1 Å². The number of hydrogen-bond acceptors (Lipinski definition) is 2. The topological polar surface area (TPSA) is 26.5 Å². The van der Waals surface area contributed by atoms with E-state index in [9.17, 15) is 0 Å². The van der Waals surface area contributed by atoms with Crippen LogP contribution in [0.2, 0.25) is 0 Å². The second-order valence-electron chi connectivity index (χ2n) is 1.06. The SMILES string of the molecule is ClC1=CC=[N+]N=C1. The van der Waals surface area contributed by atoms with E-state index < -0.39 is 0 Å². The molecule has 35 valence electrons. The standard InChI is InChI=1S/C4H3ClN2/c5-4-1-2-6-7-3-4/h1-3H/q+1. The van der Waals surface area contributed by atoms with Gasteiger partial charge in [-0.2, -0.15) is 0 Å². The maximum Gasteiger partial charge on any atom is 0.279 e. The summed E-state index contributed by atoms with van der Waals surface area (Å²) in [6.45, 7) is 0. The first kappa shape index (κ1) is 4.53. The van der Waals surface area contributed by atoms with Crippen molar-refractivity contribution in [3.8, 4) is 0 Å². The van der Waals surface area contributed by atoms with Gasteiger partial charge in [0.2, 0.25) is 0 Å². The van der Waals surface area contributed by atoms with Crippen molar-refractivity contribution < 1.29 is 0 Å². The first-order chi connectivity index (χ1) is 3.39. The maximum atomic E-state index is 5.44. The molecule has 0 atom stereocenters. The van der Waals surface area contributed by atoms with Gasteiger partial charge < -0.3 is 0 Å². The summed E-state index contributed by atoms with van der Waals surface area (Å²) in [4.78, 5) is 0. The molecule has 0 aromatic carbocycles. The van der Waals surface area contributed by atoms with Gasteiger partial charge in [-0.1, -0.05) is 11.6 Å². The van der Waals surface area contributed by atoms with Gasteiger partial charge in [-0.3, -0.25) is 0 Å². The third-order valence-corrected chi connectivity index (χ3v) is 0.772. The van der Waals surface area contributed by atoms with Crippen molar-refractivity contribution in [2.24, 2.45) is 5.10 Å². The molecule has 2 nitrogen and oxygen atoms in total. The zero-order chi connectivity index (χ0) is 5.11. The van der Waals surface area contributed by atoms with E-state index in [0.29, 0.717) is 5.03 Å². The molecule has 0 saturated heterocycles. The quantitative estimate of drug-likeness (QED) is 0.439. The summed E-state index contributed by atoms with van der Waals surface area (Å²) in [7, 11) is 0. The second-order valence-corrected chi connectivity index (χ2v) is 1.50. The minimum absolute atomic E-state index is 0.620. The lowest BCUT2D eigenvalue weighted by Gasteiger charge is -1.75. The van der Waals surface area contributed by atoms with Gasteiger partial charge in [0.05, 0.1) is 10.1 Å². The fourth-order valence-electron chi connectivity index (χ4n) is 0.275. The summed E-state index contributed by atoms with van der Waals surface area (Å²) in [5, 5.41) is 7.63. The summed E-state index contributed by atoms with van der Waals surface area (Å²) in [5.41, 5.74) is 0. The fraction of sp³-hybridized carbons (Fsp3) is 0.